The van der Waals surface area contributed by atoms with Gasteiger partial charge < -0.3 is 5.73 Å². The van der Waals surface area contributed by atoms with Crippen molar-refractivity contribution in [2.24, 2.45) is 5.73 Å². The molecule has 0 aromatic heterocycles. The molecule has 4 heteroatoms. The summed E-state index contributed by atoms with van der Waals surface area (Å²) in [5, 5.41) is 0. The fourth-order valence-electron chi connectivity index (χ4n) is 1.98. The fraction of sp³-hybridized carbons (Fsp3) is 0.455. The molecule has 0 spiro atoms. The number of hydrogen-bond acceptors (Lipinski definition) is 3. The normalized spacial score (nSPS) is 22.0. The molecule has 0 unspecified atom stereocenters. The number of benzene rings is 1. The van der Waals surface area contributed by atoms with E-state index in [1.54, 1.807) is 0 Å². The average Bonchev–Trinajstić information content (AvgIpc) is 2.15. The lowest BCUT2D eigenvalue weighted by molar-refractivity contribution is 0.472. The largest absolute Gasteiger partial charge is 0.320 e. The highest BCUT2D eigenvalue weighted by atomic mass is 32.2. The molecule has 0 amide bonds. The second-order valence-electron chi connectivity index (χ2n) is 4.24. The molecule has 1 saturated heterocycles. The molecule has 15 heavy (non-hydrogen) atoms. The van der Waals surface area contributed by atoms with Crippen LogP contribution in [0.1, 0.15) is 18.1 Å². The van der Waals surface area contributed by atoms with Gasteiger partial charge in [-0.3, -0.25) is 0 Å². The molecule has 0 atom stereocenters. The third kappa shape index (κ3) is 1.92. The lowest BCUT2D eigenvalue weighted by atomic mass is 9.93. The van der Waals surface area contributed by atoms with E-state index < -0.39 is 15.4 Å². The Balaban J connectivity index is 2.24. The fourth-order valence-corrected chi connectivity index (χ4v) is 3.80. The van der Waals surface area contributed by atoms with Crippen molar-refractivity contribution < 1.29 is 8.42 Å². The van der Waals surface area contributed by atoms with E-state index in [2.05, 4.69) is 6.92 Å². The zero-order valence-electron chi connectivity index (χ0n) is 8.73. The van der Waals surface area contributed by atoms with Crippen LogP contribution in [-0.2, 0) is 21.8 Å². The van der Waals surface area contributed by atoms with Gasteiger partial charge in [-0.05, 0) is 17.5 Å². The molecule has 82 valence electrons. The monoisotopic (exact) mass is 225 g/mol. The van der Waals surface area contributed by atoms with Gasteiger partial charge in [-0.2, -0.15) is 0 Å². The standard InChI is InChI=1S/C11H15NO2S/c1-2-9-3-5-10(6-4-9)11(12)7-15(13,14)8-11/h3-6H,2,7-8,12H2,1H3. The Morgan fingerprint density at radius 1 is 1.27 bits per heavy atom. The van der Waals surface area contributed by atoms with Gasteiger partial charge in [0, 0.05) is 0 Å². The third-order valence-electron chi connectivity index (χ3n) is 2.89. The summed E-state index contributed by atoms with van der Waals surface area (Å²) in [6.45, 7) is 2.08. The van der Waals surface area contributed by atoms with Gasteiger partial charge in [-0.15, -0.1) is 0 Å². The second kappa shape index (κ2) is 3.32. The van der Waals surface area contributed by atoms with E-state index in [4.69, 9.17) is 5.73 Å². The van der Waals surface area contributed by atoms with E-state index in [1.165, 1.54) is 5.56 Å². The highest BCUT2D eigenvalue weighted by molar-refractivity contribution is 7.93. The van der Waals surface area contributed by atoms with Crippen LogP contribution in [0.2, 0.25) is 0 Å². The van der Waals surface area contributed by atoms with Gasteiger partial charge in [0.05, 0.1) is 17.0 Å². The summed E-state index contributed by atoms with van der Waals surface area (Å²) in [6, 6.07) is 7.89. The highest BCUT2D eigenvalue weighted by Gasteiger charge is 2.46. The van der Waals surface area contributed by atoms with Crippen LogP contribution >= 0.6 is 0 Å². The predicted molar refractivity (Wildman–Crippen MR) is 60.3 cm³/mol. The molecule has 0 saturated carbocycles. The first-order chi connectivity index (χ1) is 6.95. The molecule has 1 aliphatic heterocycles. The number of aryl methyl sites for hydroxylation is 1. The zero-order valence-corrected chi connectivity index (χ0v) is 9.55. The maximum atomic E-state index is 11.1. The van der Waals surface area contributed by atoms with Crippen LogP contribution in [0.4, 0.5) is 0 Å². The average molecular weight is 225 g/mol. The Morgan fingerprint density at radius 2 is 1.80 bits per heavy atom. The van der Waals surface area contributed by atoms with Crippen molar-refractivity contribution in [1.82, 2.24) is 0 Å². The van der Waals surface area contributed by atoms with Crippen LogP contribution in [0.25, 0.3) is 0 Å². The maximum absolute atomic E-state index is 11.1. The van der Waals surface area contributed by atoms with Crippen LogP contribution in [0.3, 0.4) is 0 Å². The Hall–Kier alpha value is -0.870. The van der Waals surface area contributed by atoms with Crippen LogP contribution in [0, 0.1) is 0 Å². The Bertz CT molecular complexity index is 450. The zero-order chi connectivity index (χ0) is 11.1. The molecule has 3 nitrogen and oxygen atoms in total. The van der Waals surface area contributed by atoms with Crippen molar-refractivity contribution in [1.29, 1.82) is 0 Å². The number of rotatable bonds is 2. The van der Waals surface area contributed by atoms with Crippen molar-refractivity contribution in [3.8, 4) is 0 Å². The Kier molecular flexibility index (Phi) is 2.35. The molecule has 1 fully saturated rings. The van der Waals surface area contributed by atoms with Crippen molar-refractivity contribution in [2.45, 2.75) is 18.9 Å². The van der Waals surface area contributed by atoms with Gasteiger partial charge in [-0.1, -0.05) is 31.2 Å². The van der Waals surface area contributed by atoms with Gasteiger partial charge in [0.25, 0.3) is 0 Å². The minimum absolute atomic E-state index is 0.0749. The summed E-state index contributed by atoms with van der Waals surface area (Å²) in [5.74, 6) is 0.150. The second-order valence-corrected chi connectivity index (χ2v) is 6.30. The van der Waals surface area contributed by atoms with Crippen LogP contribution in [0.5, 0.6) is 0 Å². The van der Waals surface area contributed by atoms with E-state index in [0.717, 1.165) is 12.0 Å². The minimum Gasteiger partial charge on any atom is -0.320 e. The van der Waals surface area contributed by atoms with Gasteiger partial charge in [0.15, 0.2) is 9.84 Å². The molecule has 1 heterocycles. The highest BCUT2D eigenvalue weighted by Crippen LogP contribution is 2.31. The van der Waals surface area contributed by atoms with Crippen LogP contribution in [-0.4, -0.2) is 19.9 Å². The van der Waals surface area contributed by atoms with Gasteiger partial charge in [-0.25, -0.2) is 8.42 Å². The first-order valence-electron chi connectivity index (χ1n) is 5.04. The summed E-state index contributed by atoms with van der Waals surface area (Å²) in [4.78, 5) is 0. The van der Waals surface area contributed by atoms with E-state index in [0.29, 0.717) is 0 Å². The van der Waals surface area contributed by atoms with Gasteiger partial charge in [0.1, 0.15) is 0 Å². The molecular weight excluding hydrogens is 210 g/mol. The molecular formula is C11H15NO2S. The van der Waals surface area contributed by atoms with Crippen molar-refractivity contribution in [3.05, 3.63) is 35.4 Å². The first kappa shape index (κ1) is 10.6. The van der Waals surface area contributed by atoms with E-state index in [1.807, 2.05) is 24.3 Å². The molecule has 2 N–H and O–H groups in total. The Labute approximate surface area is 90.2 Å². The lowest BCUT2D eigenvalue weighted by Crippen LogP contribution is -2.58. The minimum atomic E-state index is -2.88. The van der Waals surface area contributed by atoms with Crippen molar-refractivity contribution in [3.63, 3.8) is 0 Å². The summed E-state index contributed by atoms with van der Waals surface area (Å²) in [6.07, 6.45) is 0.982. The van der Waals surface area contributed by atoms with Crippen molar-refractivity contribution in [2.75, 3.05) is 11.5 Å². The smallest absolute Gasteiger partial charge is 0.154 e. The Morgan fingerprint density at radius 3 is 2.20 bits per heavy atom. The van der Waals surface area contributed by atoms with Crippen LogP contribution < -0.4 is 5.73 Å². The number of nitrogens with two attached hydrogens (primary N) is 1. The van der Waals surface area contributed by atoms with E-state index in [-0.39, 0.29) is 11.5 Å². The van der Waals surface area contributed by atoms with Crippen LogP contribution in [0.15, 0.2) is 24.3 Å². The SMILES string of the molecule is CCc1ccc(C2(N)CS(=O)(=O)C2)cc1. The van der Waals surface area contributed by atoms with E-state index in [9.17, 15) is 8.42 Å². The van der Waals surface area contributed by atoms with Crippen molar-refractivity contribution >= 4 is 9.84 Å². The molecule has 2 rings (SSSR count). The summed E-state index contributed by atoms with van der Waals surface area (Å²) < 4.78 is 22.2. The molecule has 1 aliphatic rings. The third-order valence-corrected chi connectivity index (χ3v) is 4.80. The summed E-state index contributed by atoms with van der Waals surface area (Å²) in [7, 11) is -2.88. The summed E-state index contributed by atoms with van der Waals surface area (Å²) in [5.41, 5.74) is 7.53. The summed E-state index contributed by atoms with van der Waals surface area (Å²) >= 11 is 0. The molecule has 0 radical (unpaired) electrons. The topological polar surface area (TPSA) is 60.2 Å². The number of sulfone groups is 1. The lowest BCUT2D eigenvalue weighted by Gasteiger charge is -2.37. The number of hydrogen-bond donors (Lipinski definition) is 1. The predicted octanol–water partition coefficient (Wildman–Crippen LogP) is 0.831. The van der Waals surface area contributed by atoms with E-state index >= 15 is 0 Å². The quantitative estimate of drug-likeness (QED) is 0.811. The molecule has 1 aromatic carbocycles. The molecule has 0 aliphatic carbocycles. The maximum Gasteiger partial charge on any atom is 0.154 e. The first-order valence-corrected chi connectivity index (χ1v) is 6.86. The van der Waals surface area contributed by atoms with Gasteiger partial charge in [0.2, 0.25) is 0 Å². The molecule has 1 aromatic rings. The van der Waals surface area contributed by atoms with Gasteiger partial charge >= 0.3 is 0 Å². The molecule has 0 bridgehead atoms.